The number of fused-ring (bicyclic) bond motifs is 1. The molecule has 138 valence electrons. The van der Waals surface area contributed by atoms with Gasteiger partial charge in [-0.1, -0.05) is 18.2 Å². The van der Waals surface area contributed by atoms with E-state index in [0.29, 0.717) is 0 Å². The van der Waals surface area contributed by atoms with Crippen LogP contribution in [0.4, 0.5) is 0 Å². The highest BCUT2D eigenvalue weighted by atomic mass is 16.5. The quantitative estimate of drug-likeness (QED) is 0.471. The van der Waals surface area contributed by atoms with E-state index in [0.717, 1.165) is 57.1 Å². The molecule has 1 fully saturated rings. The minimum absolute atomic E-state index is 0.000600. The van der Waals surface area contributed by atoms with Gasteiger partial charge in [-0.2, -0.15) is 0 Å². The third-order valence-electron chi connectivity index (χ3n) is 5.14. The summed E-state index contributed by atoms with van der Waals surface area (Å²) in [5.74, 6) is 1.91. The molecule has 1 heterocycles. The first-order valence-corrected chi connectivity index (χ1v) is 9.58. The Morgan fingerprint density at radius 2 is 2.12 bits per heavy atom. The number of nitrogens with zero attached hydrogens (tertiary/aromatic N) is 1. The summed E-state index contributed by atoms with van der Waals surface area (Å²) >= 11 is 0. The lowest BCUT2D eigenvalue weighted by Gasteiger charge is -2.40. The van der Waals surface area contributed by atoms with Crippen LogP contribution in [0.3, 0.4) is 0 Å². The van der Waals surface area contributed by atoms with E-state index in [1.54, 1.807) is 7.11 Å². The van der Waals surface area contributed by atoms with Crippen LogP contribution in [0.15, 0.2) is 29.3 Å². The molecule has 1 aliphatic carbocycles. The van der Waals surface area contributed by atoms with Gasteiger partial charge in [-0.25, -0.2) is 0 Å². The van der Waals surface area contributed by atoms with E-state index in [1.165, 1.54) is 18.4 Å². The minimum atomic E-state index is -0.000600. The molecule has 5 nitrogen and oxygen atoms in total. The van der Waals surface area contributed by atoms with Crippen molar-refractivity contribution in [2.75, 3.05) is 26.8 Å². The minimum Gasteiger partial charge on any atom is -0.487 e. The zero-order chi connectivity index (χ0) is 17.5. The van der Waals surface area contributed by atoms with Crippen LogP contribution < -0.4 is 15.4 Å². The molecule has 5 heteroatoms. The first-order chi connectivity index (χ1) is 12.3. The van der Waals surface area contributed by atoms with Crippen LogP contribution in [0.2, 0.25) is 0 Å². The summed E-state index contributed by atoms with van der Waals surface area (Å²) in [6, 6.07) is 8.67. The first kappa shape index (κ1) is 18.1. The number of aliphatic imine (C=N–C) groups is 1. The molecule has 0 saturated heterocycles. The van der Waals surface area contributed by atoms with E-state index in [-0.39, 0.29) is 11.6 Å². The largest absolute Gasteiger partial charge is 0.487 e. The van der Waals surface area contributed by atoms with Crippen LogP contribution in [-0.4, -0.2) is 38.4 Å². The maximum atomic E-state index is 6.45. The molecule has 0 amide bonds. The molecule has 3 rings (SSSR count). The van der Waals surface area contributed by atoms with Crippen molar-refractivity contribution in [2.45, 2.75) is 57.1 Å². The number of para-hydroxylation sites is 1. The van der Waals surface area contributed by atoms with Gasteiger partial charge >= 0.3 is 0 Å². The van der Waals surface area contributed by atoms with Crippen molar-refractivity contribution in [3.05, 3.63) is 29.8 Å². The van der Waals surface area contributed by atoms with E-state index in [4.69, 9.17) is 14.5 Å². The van der Waals surface area contributed by atoms with Crippen molar-refractivity contribution in [2.24, 2.45) is 4.99 Å². The fourth-order valence-electron chi connectivity index (χ4n) is 3.96. The van der Waals surface area contributed by atoms with Gasteiger partial charge in [0.15, 0.2) is 5.96 Å². The number of nitrogens with one attached hydrogen (secondary N) is 2. The fraction of sp³-hybridized carbons (Fsp3) is 0.650. The smallest absolute Gasteiger partial charge is 0.191 e. The highest BCUT2D eigenvalue weighted by molar-refractivity contribution is 5.80. The highest BCUT2D eigenvalue weighted by Gasteiger charge is 2.43. The molecular weight excluding hydrogens is 314 g/mol. The Hall–Kier alpha value is -1.75. The molecule has 0 bridgehead atoms. The summed E-state index contributed by atoms with van der Waals surface area (Å²) in [6.07, 6.45) is 6.77. The lowest BCUT2D eigenvalue weighted by atomic mass is 9.86. The van der Waals surface area contributed by atoms with Crippen LogP contribution in [0.1, 0.15) is 57.1 Å². The van der Waals surface area contributed by atoms with E-state index in [2.05, 4.69) is 41.8 Å². The predicted molar refractivity (Wildman–Crippen MR) is 101 cm³/mol. The zero-order valence-corrected chi connectivity index (χ0v) is 15.5. The molecule has 1 unspecified atom stereocenters. The number of hydrogen-bond donors (Lipinski definition) is 2. The maximum absolute atomic E-state index is 6.45. The Labute approximate surface area is 151 Å². The van der Waals surface area contributed by atoms with Gasteiger partial charge in [0.1, 0.15) is 11.4 Å². The van der Waals surface area contributed by atoms with Crippen LogP contribution in [0.25, 0.3) is 0 Å². The van der Waals surface area contributed by atoms with Gasteiger partial charge < -0.3 is 20.1 Å². The van der Waals surface area contributed by atoms with E-state index < -0.39 is 0 Å². The number of ether oxygens (including phenoxy) is 2. The number of rotatable bonds is 6. The maximum Gasteiger partial charge on any atom is 0.191 e. The molecule has 2 N–H and O–H groups in total. The fourth-order valence-corrected chi connectivity index (χ4v) is 3.96. The van der Waals surface area contributed by atoms with Gasteiger partial charge in [-0.15, -0.1) is 0 Å². The average Bonchev–Trinajstić information content (AvgIpc) is 3.06. The average molecular weight is 345 g/mol. The summed E-state index contributed by atoms with van der Waals surface area (Å²) in [6.45, 7) is 4.46. The van der Waals surface area contributed by atoms with Gasteiger partial charge in [0.2, 0.25) is 0 Å². The molecule has 0 aromatic heterocycles. The molecule has 1 atom stereocenters. The molecule has 1 aliphatic heterocycles. The van der Waals surface area contributed by atoms with Crippen molar-refractivity contribution in [3.63, 3.8) is 0 Å². The Kier molecular flexibility index (Phi) is 6.19. The molecule has 2 aliphatic rings. The van der Waals surface area contributed by atoms with Gasteiger partial charge in [0.25, 0.3) is 0 Å². The van der Waals surface area contributed by atoms with E-state index >= 15 is 0 Å². The van der Waals surface area contributed by atoms with Crippen molar-refractivity contribution >= 4 is 5.96 Å². The number of guanidine groups is 1. The van der Waals surface area contributed by atoms with Crippen molar-refractivity contribution < 1.29 is 9.47 Å². The molecule has 1 aromatic carbocycles. The standard InChI is InChI=1S/C20H31N3O2/c1-3-21-19(22-13-8-14-24-2)23-17-15-20(11-6-7-12-20)25-18-10-5-4-9-16(17)18/h4-5,9-10,17H,3,6-8,11-15H2,1-2H3,(H2,21,22,23). The zero-order valence-electron chi connectivity index (χ0n) is 15.5. The number of benzene rings is 1. The molecular formula is C20H31N3O2. The van der Waals surface area contributed by atoms with Crippen LogP contribution >= 0.6 is 0 Å². The summed E-state index contributed by atoms with van der Waals surface area (Å²) in [5, 5.41) is 7.03. The molecule has 1 aromatic rings. The van der Waals surface area contributed by atoms with Gasteiger partial charge in [0.05, 0.1) is 6.04 Å². The normalized spacial score (nSPS) is 21.7. The van der Waals surface area contributed by atoms with Crippen LogP contribution in [-0.2, 0) is 4.74 Å². The third-order valence-corrected chi connectivity index (χ3v) is 5.14. The number of hydrogen-bond acceptors (Lipinski definition) is 3. The predicted octanol–water partition coefficient (Wildman–Crippen LogP) is 3.41. The van der Waals surface area contributed by atoms with Gasteiger partial charge in [-0.3, -0.25) is 4.99 Å². The van der Waals surface area contributed by atoms with Crippen molar-refractivity contribution in [1.29, 1.82) is 0 Å². The topological polar surface area (TPSA) is 54.9 Å². The first-order valence-electron chi connectivity index (χ1n) is 9.58. The van der Waals surface area contributed by atoms with Crippen LogP contribution in [0.5, 0.6) is 5.75 Å². The Morgan fingerprint density at radius 1 is 1.32 bits per heavy atom. The third kappa shape index (κ3) is 4.46. The summed E-state index contributed by atoms with van der Waals surface area (Å²) in [4.78, 5) is 4.71. The Morgan fingerprint density at radius 3 is 2.88 bits per heavy atom. The SMILES string of the molecule is CCNC(=NCCCOC)NC1CC2(CCCC2)Oc2ccccc21. The summed E-state index contributed by atoms with van der Waals surface area (Å²) in [7, 11) is 1.73. The second kappa shape index (κ2) is 8.56. The van der Waals surface area contributed by atoms with Gasteiger partial charge in [-0.05, 0) is 45.1 Å². The summed E-state index contributed by atoms with van der Waals surface area (Å²) in [5.41, 5.74) is 1.24. The Bertz CT molecular complexity index is 582. The van der Waals surface area contributed by atoms with Crippen molar-refractivity contribution in [3.8, 4) is 5.75 Å². The van der Waals surface area contributed by atoms with Crippen molar-refractivity contribution in [1.82, 2.24) is 10.6 Å². The molecule has 25 heavy (non-hydrogen) atoms. The number of methoxy groups -OCH3 is 1. The van der Waals surface area contributed by atoms with E-state index in [1.807, 2.05) is 0 Å². The summed E-state index contributed by atoms with van der Waals surface area (Å²) < 4.78 is 11.6. The lowest BCUT2D eigenvalue weighted by molar-refractivity contribution is 0.0396. The molecule has 0 radical (unpaired) electrons. The highest BCUT2D eigenvalue weighted by Crippen LogP contribution is 2.46. The van der Waals surface area contributed by atoms with Crippen LogP contribution in [0, 0.1) is 0 Å². The second-order valence-corrected chi connectivity index (χ2v) is 7.04. The molecule has 1 spiro atoms. The Balaban J connectivity index is 1.76. The van der Waals surface area contributed by atoms with Gasteiger partial charge in [0, 0.05) is 38.8 Å². The van der Waals surface area contributed by atoms with E-state index in [9.17, 15) is 0 Å². The second-order valence-electron chi connectivity index (χ2n) is 7.04. The monoisotopic (exact) mass is 345 g/mol. The molecule has 1 saturated carbocycles. The lowest BCUT2D eigenvalue weighted by Crippen LogP contribution is -2.46.